The number of thiophene rings is 1. The van der Waals surface area contributed by atoms with E-state index in [1.807, 2.05) is 0 Å². The lowest BCUT2D eigenvalue weighted by molar-refractivity contribution is 0.469. The third kappa shape index (κ3) is 2.65. The van der Waals surface area contributed by atoms with Gasteiger partial charge < -0.3 is 10.2 Å². The molecule has 0 atom stereocenters. The summed E-state index contributed by atoms with van der Waals surface area (Å²) in [6.45, 7) is 0. The third-order valence-corrected chi connectivity index (χ3v) is 4.71. The monoisotopic (exact) mass is 338 g/mol. The van der Waals surface area contributed by atoms with Gasteiger partial charge >= 0.3 is 0 Å². The topological polar surface area (TPSA) is 40.5 Å². The van der Waals surface area contributed by atoms with Gasteiger partial charge in [0.15, 0.2) is 0 Å². The molecule has 2 N–H and O–H groups in total. The number of benzene rings is 2. The van der Waals surface area contributed by atoms with Gasteiger partial charge in [0.2, 0.25) is 0 Å². The lowest BCUT2D eigenvalue weighted by atomic mass is 10.1. The van der Waals surface area contributed by atoms with Gasteiger partial charge in [-0.15, -0.1) is 11.3 Å². The molecule has 3 aromatic rings. The first kappa shape index (κ1) is 14.8. The van der Waals surface area contributed by atoms with Crippen LogP contribution in [0.15, 0.2) is 42.5 Å². The molecular weight excluding hydrogens is 330 g/mol. The average molecular weight is 339 g/mol. The fourth-order valence-electron chi connectivity index (χ4n) is 2.08. The highest BCUT2D eigenvalue weighted by molar-refractivity contribution is 7.19. The summed E-state index contributed by atoms with van der Waals surface area (Å²) in [7, 11) is 0. The van der Waals surface area contributed by atoms with Crippen LogP contribution in [0, 0.1) is 11.6 Å². The first-order chi connectivity index (χ1) is 10.5. The maximum Gasteiger partial charge on any atom is 0.135 e. The molecule has 0 saturated heterocycles. The molecule has 0 aliphatic heterocycles. The molecule has 0 spiro atoms. The Morgan fingerprint density at radius 1 is 0.818 bits per heavy atom. The van der Waals surface area contributed by atoms with Crippen LogP contribution in [0.2, 0.25) is 5.02 Å². The number of aromatic hydroxyl groups is 2. The van der Waals surface area contributed by atoms with E-state index in [9.17, 15) is 19.0 Å². The van der Waals surface area contributed by atoms with Crippen LogP contribution in [-0.4, -0.2) is 10.2 Å². The summed E-state index contributed by atoms with van der Waals surface area (Å²) in [5.41, 5.74) is 0.508. The van der Waals surface area contributed by atoms with Gasteiger partial charge in [0, 0.05) is 28.1 Å². The van der Waals surface area contributed by atoms with E-state index < -0.39 is 11.6 Å². The van der Waals surface area contributed by atoms with Crippen LogP contribution >= 0.6 is 22.9 Å². The number of phenolic OH excluding ortho intramolecular Hbond substituents is 2. The SMILES string of the molecule is Oc1ccc(-c2cc(Cl)c(-c3ccc(O)cc3F)s2)c(F)c1. The molecule has 112 valence electrons. The number of halogens is 3. The van der Waals surface area contributed by atoms with Crippen LogP contribution in [0.5, 0.6) is 11.5 Å². The van der Waals surface area contributed by atoms with E-state index in [1.54, 1.807) is 6.07 Å². The summed E-state index contributed by atoms with van der Waals surface area (Å²) >= 11 is 7.26. The molecule has 0 aliphatic carbocycles. The maximum absolute atomic E-state index is 13.9. The highest BCUT2D eigenvalue weighted by Gasteiger charge is 2.16. The van der Waals surface area contributed by atoms with Crippen molar-refractivity contribution < 1.29 is 19.0 Å². The predicted molar refractivity (Wildman–Crippen MR) is 83.4 cm³/mol. The van der Waals surface area contributed by atoms with Crippen molar-refractivity contribution in [2.24, 2.45) is 0 Å². The number of hydrogen-bond acceptors (Lipinski definition) is 3. The Balaban J connectivity index is 2.11. The zero-order valence-electron chi connectivity index (χ0n) is 11.0. The van der Waals surface area contributed by atoms with Crippen LogP contribution < -0.4 is 0 Å². The Labute approximate surface area is 133 Å². The molecule has 22 heavy (non-hydrogen) atoms. The molecule has 0 saturated carbocycles. The quantitative estimate of drug-likeness (QED) is 0.654. The van der Waals surface area contributed by atoms with Crippen LogP contribution in [0.3, 0.4) is 0 Å². The largest absolute Gasteiger partial charge is 0.508 e. The second-order valence-corrected chi connectivity index (χ2v) is 6.08. The van der Waals surface area contributed by atoms with E-state index in [-0.39, 0.29) is 27.6 Å². The summed E-state index contributed by atoms with van der Waals surface area (Å²) in [5.74, 6) is -1.55. The fraction of sp³-hybridized carbons (Fsp3) is 0. The van der Waals surface area contributed by atoms with E-state index in [0.717, 1.165) is 23.5 Å². The third-order valence-electron chi connectivity index (χ3n) is 3.10. The summed E-state index contributed by atoms with van der Waals surface area (Å²) in [4.78, 5) is 0.964. The standard InChI is InChI=1S/C16H9ClF2O2S/c17-12-7-15(10-3-1-8(20)5-13(10)18)22-16(12)11-4-2-9(21)6-14(11)19/h1-7,20-21H. The van der Waals surface area contributed by atoms with E-state index >= 15 is 0 Å². The molecule has 0 unspecified atom stereocenters. The lowest BCUT2D eigenvalue weighted by Gasteiger charge is -2.02. The second-order valence-electron chi connectivity index (χ2n) is 4.62. The van der Waals surface area contributed by atoms with Gasteiger partial charge in [-0.05, 0) is 30.3 Å². The van der Waals surface area contributed by atoms with Crippen molar-refractivity contribution in [3.8, 4) is 32.4 Å². The van der Waals surface area contributed by atoms with E-state index in [2.05, 4.69) is 0 Å². The highest BCUT2D eigenvalue weighted by atomic mass is 35.5. The zero-order chi connectivity index (χ0) is 15.9. The van der Waals surface area contributed by atoms with Crippen molar-refractivity contribution in [1.82, 2.24) is 0 Å². The van der Waals surface area contributed by atoms with Crippen molar-refractivity contribution in [2.75, 3.05) is 0 Å². The van der Waals surface area contributed by atoms with E-state index in [1.165, 1.54) is 24.3 Å². The predicted octanol–water partition coefficient (Wildman–Crippen LogP) is 5.42. The van der Waals surface area contributed by atoms with Crippen LogP contribution in [-0.2, 0) is 0 Å². The molecule has 6 heteroatoms. The Morgan fingerprint density at radius 3 is 1.91 bits per heavy atom. The molecule has 0 fully saturated rings. The highest BCUT2D eigenvalue weighted by Crippen LogP contribution is 2.43. The van der Waals surface area contributed by atoms with Crippen molar-refractivity contribution in [3.05, 3.63) is 59.1 Å². The first-order valence-corrected chi connectivity index (χ1v) is 7.42. The van der Waals surface area contributed by atoms with Gasteiger partial charge in [0.25, 0.3) is 0 Å². The minimum absolute atomic E-state index is 0.172. The Hall–Kier alpha value is -2.11. The molecule has 1 heterocycles. The molecule has 0 bridgehead atoms. The van der Waals surface area contributed by atoms with Crippen molar-refractivity contribution in [2.45, 2.75) is 0 Å². The minimum Gasteiger partial charge on any atom is -0.508 e. The first-order valence-electron chi connectivity index (χ1n) is 6.23. The average Bonchev–Trinajstić information content (AvgIpc) is 2.80. The Bertz CT molecular complexity index is 861. The van der Waals surface area contributed by atoms with E-state index in [4.69, 9.17) is 11.6 Å². The summed E-state index contributed by atoms with van der Waals surface area (Å²) < 4.78 is 27.8. The normalized spacial score (nSPS) is 10.9. The van der Waals surface area contributed by atoms with E-state index in [0.29, 0.717) is 9.75 Å². The van der Waals surface area contributed by atoms with Crippen LogP contribution in [0.1, 0.15) is 0 Å². The summed E-state index contributed by atoms with van der Waals surface area (Å²) in [6.07, 6.45) is 0. The van der Waals surface area contributed by atoms with Gasteiger partial charge in [-0.1, -0.05) is 11.6 Å². The minimum atomic E-state index is -0.610. The smallest absolute Gasteiger partial charge is 0.135 e. The molecule has 2 nitrogen and oxygen atoms in total. The van der Waals surface area contributed by atoms with Gasteiger partial charge in [0.05, 0.1) is 9.90 Å². The Morgan fingerprint density at radius 2 is 1.36 bits per heavy atom. The lowest BCUT2D eigenvalue weighted by Crippen LogP contribution is -1.81. The molecule has 0 radical (unpaired) electrons. The van der Waals surface area contributed by atoms with Gasteiger partial charge in [-0.2, -0.15) is 0 Å². The summed E-state index contributed by atoms with van der Waals surface area (Å²) in [6, 6.07) is 9.12. The molecule has 1 aromatic heterocycles. The van der Waals surface area contributed by atoms with Crippen LogP contribution in [0.25, 0.3) is 20.9 Å². The van der Waals surface area contributed by atoms with Crippen molar-refractivity contribution in [1.29, 1.82) is 0 Å². The van der Waals surface area contributed by atoms with Crippen molar-refractivity contribution in [3.63, 3.8) is 0 Å². The van der Waals surface area contributed by atoms with Crippen molar-refractivity contribution >= 4 is 22.9 Å². The van der Waals surface area contributed by atoms with Crippen LogP contribution in [0.4, 0.5) is 8.78 Å². The second kappa shape index (κ2) is 5.59. The zero-order valence-corrected chi connectivity index (χ0v) is 12.6. The van der Waals surface area contributed by atoms with Gasteiger partial charge in [0.1, 0.15) is 23.1 Å². The number of hydrogen-bond donors (Lipinski definition) is 2. The molecule has 2 aromatic carbocycles. The molecule has 0 aliphatic rings. The molecular formula is C16H9ClF2O2S. The fourth-order valence-corrected chi connectivity index (χ4v) is 3.57. The Kier molecular flexibility index (Phi) is 3.76. The summed E-state index contributed by atoms with van der Waals surface area (Å²) in [5, 5.41) is 18.8. The number of rotatable bonds is 2. The molecule has 3 rings (SSSR count). The molecule has 0 amide bonds. The maximum atomic E-state index is 13.9. The van der Waals surface area contributed by atoms with Gasteiger partial charge in [-0.25, -0.2) is 8.78 Å². The number of phenols is 2. The van der Waals surface area contributed by atoms with Gasteiger partial charge in [-0.3, -0.25) is 0 Å².